The van der Waals surface area contributed by atoms with Crippen molar-refractivity contribution >= 4 is 17.5 Å². The maximum atomic E-state index is 13.5. The summed E-state index contributed by atoms with van der Waals surface area (Å²) < 4.78 is 31.4. The zero-order chi connectivity index (χ0) is 17.8. The molecule has 1 aromatic carbocycles. The van der Waals surface area contributed by atoms with Gasteiger partial charge in [0.15, 0.2) is 0 Å². The summed E-state index contributed by atoms with van der Waals surface area (Å²) in [4.78, 5) is 20.0. The van der Waals surface area contributed by atoms with Crippen molar-refractivity contribution in [3.8, 4) is 5.75 Å². The first-order valence-electron chi connectivity index (χ1n) is 7.82. The lowest BCUT2D eigenvalue weighted by molar-refractivity contribution is 0.208. The van der Waals surface area contributed by atoms with Crippen LogP contribution in [0, 0.1) is 11.6 Å². The van der Waals surface area contributed by atoms with Crippen molar-refractivity contribution < 1.29 is 18.3 Å². The van der Waals surface area contributed by atoms with E-state index in [2.05, 4.69) is 10.3 Å². The number of methoxy groups -OCH3 is 1. The monoisotopic (exact) mass is 348 g/mol. The lowest BCUT2D eigenvalue weighted by atomic mass is 10.3. The summed E-state index contributed by atoms with van der Waals surface area (Å²) in [5, 5.41) is 2.67. The maximum absolute atomic E-state index is 13.5. The zero-order valence-electron chi connectivity index (χ0n) is 13.7. The minimum absolute atomic E-state index is 0.306. The first-order valence-corrected chi connectivity index (χ1v) is 7.82. The van der Waals surface area contributed by atoms with E-state index in [1.54, 1.807) is 17.0 Å². The van der Waals surface area contributed by atoms with Gasteiger partial charge in [0.25, 0.3) is 0 Å². The van der Waals surface area contributed by atoms with Gasteiger partial charge in [-0.15, -0.1) is 0 Å². The number of hydrogen-bond acceptors (Lipinski definition) is 4. The molecular weight excluding hydrogens is 330 g/mol. The summed E-state index contributed by atoms with van der Waals surface area (Å²) in [5.74, 6) is 0.146. The Labute approximate surface area is 144 Å². The van der Waals surface area contributed by atoms with Gasteiger partial charge in [-0.2, -0.15) is 0 Å². The van der Waals surface area contributed by atoms with Crippen LogP contribution in [-0.4, -0.2) is 49.2 Å². The van der Waals surface area contributed by atoms with Crippen LogP contribution in [0.2, 0.25) is 0 Å². The highest BCUT2D eigenvalue weighted by Gasteiger charge is 2.22. The molecule has 0 saturated carbocycles. The molecule has 0 atom stereocenters. The van der Waals surface area contributed by atoms with Crippen LogP contribution in [0.3, 0.4) is 0 Å². The van der Waals surface area contributed by atoms with Crippen LogP contribution in [0.1, 0.15) is 0 Å². The highest BCUT2D eigenvalue weighted by Crippen LogP contribution is 2.20. The van der Waals surface area contributed by atoms with E-state index in [1.807, 2.05) is 4.90 Å². The van der Waals surface area contributed by atoms with E-state index < -0.39 is 5.82 Å². The number of ether oxygens (including phenoxy) is 1. The molecule has 0 radical (unpaired) electrons. The topological polar surface area (TPSA) is 57.7 Å². The Morgan fingerprint density at radius 3 is 2.52 bits per heavy atom. The summed E-state index contributed by atoms with van der Waals surface area (Å²) in [6, 6.07) is 6.70. The van der Waals surface area contributed by atoms with Gasteiger partial charge in [0, 0.05) is 44.0 Å². The summed E-state index contributed by atoms with van der Waals surface area (Å²) >= 11 is 0. The van der Waals surface area contributed by atoms with Crippen molar-refractivity contribution in [3.05, 3.63) is 48.2 Å². The molecule has 2 aromatic rings. The van der Waals surface area contributed by atoms with Crippen molar-refractivity contribution in [3.63, 3.8) is 0 Å². The van der Waals surface area contributed by atoms with E-state index in [0.717, 1.165) is 0 Å². The number of anilines is 2. The third-order valence-electron chi connectivity index (χ3n) is 3.96. The molecule has 0 spiro atoms. The Morgan fingerprint density at radius 2 is 1.88 bits per heavy atom. The minimum atomic E-state index is -0.484. The number of pyridine rings is 1. The van der Waals surface area contributed by atoms with Crippen LogP contribution < -0.4 is 15.0 Å². The Balaban J connectivity index is 1.58. The van der Waals surface area contributed by atoms with Crippen molar-refractivity contribution in [2.75, 3.05) is 43.5 Å². The first kappa shape index (κ1) is 16.9. The molecule has 1 aromatic heterocycles. The average molecular weight is 348 g/mol. The molecule has 8 heteroatoms. The normalized spacial score (nSPS) is 14.4. The fourth-order valence-corrected chi connectivity index (χ4v) is 2.65. The van der Waals surface area contributed by atoms with Crippen LogP contribution in [-0.2, 0) is 0 Å². The van der Waals surface area contributed by atoms with Crippen LogP contribution >= 0.6 is 0 Å². The van der Waals surface area contributed by atoms with Gasteiger partial charge in [-0.1, -0.05) is 0 Å². The minimum Gasteiger partial charge on any atom is -0.497 e. The van der Waals surface area contributed by atoms with Crippen LogP contribution in [0.15, 0.2) is 36.5 Å². The van der Waals surface area contributed by atoms with E-state index in [4.69, 9.17) is 4.74 Å². The van der Waals surface area contributed by atoms with Crippen molar-refractivity contribution in [2.24, 2.45) is 0 Å². The second-order valence-electron chi connectivity index (χ2n) is 5.62. The lowest BCUT2D eigenvalue weighted by Gasteiger charge is -2.35. The fraction of sp³-hybridized carbons (Fsp3) is 0.294. The Kier molecular flexibility index (Phi) is 4.97. The van der Waals surface area contributed by atoms with Crippen molar-refractivity contribution in [1.29, 1.82) is 0 Å². The number of hydrogen-bond donors (Lipinski definition) is 1. The molecule has 0 unspecified atom stereocenters. The highest BCUT2D eigenvalue weighted by molar-refractivity contribution is 5.89. The predicted molar refractivity (Wildman–Crippen MR) is 90.0 cm³/mol. The molecule has 3 rings (SSSR count). The van der Waals surface area contributed by atoms with Gasteiger partial charge in [-0.3, -0.25) is 0 Å². The van der Waals surface area contributed by atoms with E-state index in [0.29, 0.717) is 43.4 Å². The standard InChI is InChI=1S/C17H18F2N4O2/c1-25-15-9-13(19)8-14(10-15)21-17(24)23-6-4-22(5-7-23)16-3-2-12(18)11-20-16/h2-3,8-11H,4-7H2,1H3,(H,21,24). The lowest BCUT2D eigenvalue weighted by Crippen LogP contribution is -2.50. The molecule has 0 bridgehead atoms. The van der Waals surface area contributed by atoms with Gasteiger partial charge in [0.05, 0.1) is 13.3 Å². The molecular formula is C17H18F2N4O2. The van der Waals surface area contributed by atoms with Gasteiger partial charge in [-0.05, 0) is 18.2 Å². The number of piperazine rings is 1. The molecule has 0 aliphatic carbocycles. The van der Waals surface area contributed by atoms with E-state index in [9.17, 15) is 13.6 Å². The number of halogens is 2. The van der Waals surface area contributed by atoms with Gasteiger partial charge in [0.2, 0.25) is 0 Å². The van der Waals surface area contributed by atoms with Gasteiger partial charge < -0.3 is 19.9 Å². The zero-order valence-corrected chi connectivity index (χ0v) is 13.7. The SMILES string of the molecule is COc1cc(F)cc(NC(=O)N2CCN(c3ccc(F)cn3)CC2)c1. The molecule has 132 valence electrons. The maximum Gasteiger partial charge on any atom is 0.321 e. The largest absolute Gasteiger partial charge is 0.497 e. The van der Waals surface area contributed by atoms with Gasteiger partial charge >= 0.3 is 6.03 Å². The molecule has 25 heavy (non-hydrogen) atoms. The van der Waals surface area contributed by atoms with E-state index in [1.165, 1.54) is 31.5 Å². The summed E-state index contributed by atoms with van der Waals surface area (Å²) in [6.45, 7) is 2.13. The quantitative estimate of drug-likeness (QED) is 0.927. The smallest absolute Gasteiger partial charge is 0.321 e. The number of urea groups is 1. The number of rotatable bonds is 3. The second-order valence-corrected chi connectivity index (χ2v) is 5.62. The number of nitrogens with one attached hydrogen (secondary N) is 1. The summed E-state index contributed by atoms with van der Waals surface area (Å²) in [6.07, 6.45) is 1.17. The summed E-state index contributed by atoms with van der Waals surface area (Å²) in [5.41, 5.74) is 0.337. The Morgan fingerprint density at radius 1 is 1.12 bits per heavy atom. The number of carbonyl (C=O) groups excluding carboxylic acids is 1. The predicted octanol–water partition coefficient (Wildman–Crippen LogP) is 2.72. The second kappa shape index (κ2) is 7.33. The molecule has 6 nitrogen and oxygen atoms in total. The van der Waals surface area contributed by atoms with Crippen LogP contribution in [0.25, 0.3) is 0 Å². The van der Waals surface area contributed by atoms with Crippen LogP contribution in [0.4, 0.5) is 25.1 Å². The molecule has 1 aliphatic heterocycles. The number of aromatic nitrogens is 1. The van der Waals surface area contributed by atoms with Crippen LogP contribution in [0.5, 0.6) is 5.75 Å². The number of carbonyl (C=O) groups is 1. The number of amides is 2. The highest BCUT2D eigenvalue weighted by atomic mass is 19.1. The van der Waals surface area contributed by atoms with Crippen molar-refractivity contribution in [2.45, 2.75) is 0 Å². The van der Waals surface area contributed by atoms with Gasteiger partial charge in [-0.25, -0.2) is 18.6 Å². The number of benzene rings is 1. The third-order valence-corrected chi connectivity index (χ3v) is 3.96. The molecule has 2 amide bonds. The molecule has 1 saturated heterocycles. The molecule has 1 fully saturated rings. The van der Waals surface area contributed by atoms with Gasteiger partial charge in [0.1, 0.15) is 23.2 Å². The Bertz CT molecular complexity index is 747. The Hall–Kier alpha value is -2.90. The molecule has 1 N–H and O–H groups in total. The average Bonchev–Trinajstić information content (AvgIpc) is 2.62. The third kappa shape index (κ3) is 4.14. The summed E-state index contributed by atoms with van der Waals surface area (Å²) in [7, 11) is 1.43. The van der Waals surface area contributed by atoms with E-state index in [-0.39, 0.29) is 11.8 Å². The first-order chi connectivity index (χ1) is 12.0. The number of nitrogens with zero attached hydrogens (tertiary/aromatic N) is 3. The molecule has 2 heterocycles. The fourth-order valence-electron chi connectivity index (χ4n) is 2.65. The molecule has 1 aliphatic rings. The van der Waals surface area contributed by atoms with Crippen molar-refractivity contribution in [1.82, 2.24) is 9.88 Å². The van der Waals surface area contributed by atoms with E-state index >= 15 is 0 Å².